The van der Waals surface area contributed by atoms with Crippen LogP contribution in [0, 0.1) is 0 Å². The van der Waals surface area contributed by atoms with Crippen molar-refractivity contribution in [2.75, 3.05) is 26.2 Å². The van der Waals surface area contributed by atoms with E-state index in [0.29, 0.717) is 6.54 Å². The van der Waals surface area contributed by atoms with Gasteiger partial charge in [0.15, 0.2) is 0 Å². The first-order valence-electron chi connectivity index (χ1n) is 5.28. The highest BCUT2D eigenvalue weighted by Crippen LogP contribution is 2.27. The number of ether oxygens (including phenoxy) is 1. The van der Waals surface area contributed by atoms with E-state index in [1.807, 2.05) is 0 Å². The van der Waals surface area contributed by atoms with Gasteiger partial charge in [-0.15, -0.1) is 0 Å². The highest BCUT2D eigenvalue weighted by atomic mass is 16.5. The fourth-order valence-electron chi connectivity index (χ4n) is 2.33. The molecule has 5 nitrogen and oxygen atoms in total. The Balaban J connectivity index is 2.55. The largest absolute Gasteiger partial charge is 0.367 e. The fraction of sp³-hybridized carbons (Fsp3) is 1.00. The molecule has 0 saturated carbocycles. The molecule has 0 unspecified atom stereocenters. The molecular formula is C10H20N4O. The Hall–Kier alpha value is -0.770. The van der Waals surface area contributed by atoms with E-state index < -0.39 is 0 Å². The van der Waals surface area contributed by atoms with Gasteiger partial charge < -0.3 is 4.74 Å². The summed E-state index contributed by atoms with van der Waals surface area (Å²) in [4.78, 5) is 5.05. The molecule has 86 valence electrons. The van der Waals surface area contributed by atoms with Gasteiger partial charge in [0.05, 0.1) is 11.2 Å². The highest BCUT2D eigenvalue weighted by molar-refractivity contribution is 4.89. The molecular weight excluding hydrogens is 192 g/mol. The first-order valence-corrected chi connectivity index (χ1v) is 5.28. The summed E-state index contributed by atoms with van der Waals surface area (Å²) in [5.74, 6) is 0. The van der Waals surface area contributed by atoms with Crippen molar-refractivity contribution in [2.24, 2.45) is 5.11 Å². The van der Waals surface area contributed by atoms with Gasteiger partial charge in [0.1, 0.15) is 0 Å². The lowest BCUT2D eigenvalue weighted by Gasteiger charge is -2.47. The van der Waals surface area contributed by atoms with E-state index in [4.69, 9.17) is 10.3 Å². The molecule has 0 radical (unpaired) electrons. The van der Waals surface area contributed by atoms with Crippen molar-refractivity contribution >= 4 is 0 Å². The predicted octanol–water partition coefficient (Wildman–Crippen LogP) is 2.19. The Kier molecular flexibility index (Phi) is 3.60. The Morgan fingerprint density at radius 3 is 2.27 bits per heavy atom. The second kappa shape index (κ2) is 4.39. The van der Waals surface area contributed by atoms with Crippen LogP contribution in [0.5, 0.6) is 0 Å². The smallest absolute Gasteiger partial charge is 0.0760 e. The summed E-state index contributed by atoms with van der Waals surface area (Å²) >= 11 is 0. The third-order valence-corrected chi connectivity index (χ3v) is 2.34. The van der Waals surface area contributed by atoms with Crippen LogP contribution in [0.15, 0.2) is 5.11 Å². The van der Waals surface area contributed by atoms with Gasteiger partial charge in [-0.3, -0.25) is 4.90 Å². The highest BCUT2D eigenvalue weighted by Gasteiger charge is 2.37. The van der Waals surface area contributed by atoms with Crippen molar-refractivity contribution in [3.05, 3.63) is 10.4 Å². The Bertz CT molecular complexity index is 253. The van der Waals surface area contributed by atoms with Crippen LogP contribution >= 0.6 is 0 Å². The second-order valence-electron chi connectivity index (χ2n) is 5.29. The first kappa shape index (κ1) is 12.3. The summed E-state index contributed by atoms with van der Waals surface area (Å²) in [5.41, 5.74) is 7.96. The standard InChI is InChI=1S/C10H20N4O/c1-9(2)7-14(6-5-12-13-11)8-10(3,4)15-9/h5-8H2,1-4H3. The number of rotatable bonds is 3. The minimum absolute atomic E-state index is 0.127. The summed E-state index contributed by atoms with van der Waals surface area (Å²) < 4.78 is 5.95. The van der Waals surface area contributed by atoms with Gasteiger partial charge >= 0.3 is 0 Å². The Morgan fingerprint density at radius 2 is 1.80 bits per heavy atom. The van der Waals surface area contributed by atoms with Crippen LogP contribution in [0.3, 0.4) is 0 Å². The van der Waals surface area contributed by atoms with Gasteiger partial charge in [0.2, 0.25) is 0 Å². The van der Waals surface area contributed by atoms with Crippen LogP contribution in [0.1, 0.15) is 27.7 Å². The van der Waals surface area contributed by atoms with E-state index in [2.05, 4.69) is 42.6 Å². The van der Waals surface area contributed by atoms with Crippen molar-refractivity contribution in [1.82, 2.24) is 4.90 Å². The summed E-state index contributed by atoms with van der Waals surface area (Å²) in [6.45, 7) is 11.5. The molecule has 1 rings (SSSR count). The second-order valence-corrected chi connectivity index (χ2v) is 5.29. The molecule has 0 aromatic heterocycles. The van der Waals surface area contributed by atoms with Gasteiger partial charge in [-0.1, -0.05) is 5.11 Å². The molecule has 1 aliphatic heterocycles. The molecule has 0 aliphatic carbocycles. The number of hydrogen-bond donors (Lipinski definition) is 0. The van der Waals surface area contributed by atoms with Gasteiger partial charge in [-0.2, -0.15) is 0 Å². The lowest BCUT2D eigenvalue weighted by Crippen LogP contribution is -2.57. The molecule has 1 fully saturated rings. The summed E-state index contributed by atoms with van der Waals surface area (Å²) in [5, 5.41) is 3.56. The lowest BCUT2D eigenvalue weighted by atomic mass is 9.99. The fourth-order valence-corrected chi connectivity index (χ4v) is 2.33. The lowest BCUT2D eigenvalue weighted by molar-refractivity contribution is -0.179. The monoisotopic (exact) mass is 212 g/mol. The number of hydrogen-bond acceptors (Lipinski definition) is 3. The minimum atomic E-state index is -0.127. The van der Waals surface area contributed by atoms with Gasteiger partial charge in [0, 0.05) is 31.1 Å². The van der Waals surface area contributed by atoms with Gasteiger partial charge in [0.25, 0.3) is 0 Å². The van der Waals surface area contributed by atoms with E-state index in [1.165, 1.54) is 0 Å². The molecule has 0 N–H and O–H groups in total. The van der Waals surface area contributed by atoms with Gasteiger partial charge in [-0.25, -0.2) is 0 Å². The third-order valence-electron chi connectivity index (χ3n) is 2.34. The normalized spacial score (nSPS) is 24.5. The Morgan fingerprint density at radius 1 is 1.27 bits per heavy atom. The first-order chi connectivity index (χ1) is 6.85. The zero-order valence-electron chi connectivity index (χ0n) is 10.0. The zero-order valence-corrected chi connectivity index (χ0v) is 10.0. The van der Waals surface area contributed by atoms with Crippen LogP contribution in [-0.4, -0.2) is 42.3 Å². The van der Waals surface area contributed by atoms with E-state index in [-0.39, 0.29) is 11.2 Å². The number of azide groups is 1. The van der Waals surface area contributed by atoms with Gasteiger partial charge in [-0.05, 0) is 33.2 Å². The van der Waals surface area contributed by atoms with E-state index >= 15 is 0 Å². The van der Waals surface area contributed by atoms with Crippen molar-refractivity contribution in [3.8, 4) is 0 Å². The van der Waals surface area contributed by atoms with Crippen LogP contribution in [0.4, 0.5) is 0 Å². The number of nitrogens with zero attached hydrogens (tertiary/aromatic N) is 4. The SMILES string of the molecule is CC1(C)CN(CCN=[N+]=[N-])CC(C)(C)O1. The molecule has 0 aromatic carbocycles. The van der Waals surface area contributed by atoms with Crippen molar-refractivity contribution in [2.45, 2.75) is 38.9 Å². The summed E-state index contributed by atoms with van der Waals surface area (Å²) in [6.07, 6.45) is 0. The maximum Gasteiger partial charge on any atom is 0.0760 e. The molecule has 1 heterocycles. The maximum absolute atomic E-state index is 8.22. The molecule has 0 amide bonds. The summed E-state index contributed by atoms with van der Waals surface area (Å²) in [7, 11) is 0. The van der Waals surface area contributed by atoms with Crippen LogP contribution in [0.2, 0.25) is 0 Å². The third kappa shape index (κ3) is 4.08. The molecule has 1 saturated heterocycles. The average molecular weight is 212 g/mol. The van der Waals surface area contributed by atoms with Crippen LogP contribution in [-0.2, 0) is 4.74 Å². The maximum atomic E-state index is 8.22. The van der Waals surface area contributed by atoms with E-state index in [9.17, 15) is 0 Å². The quantitative estimate of drug-likeness (QED) is 0.409. The van der Waals surface area contributed by atoms with Crippen LogP contribution in [0.25, 0.3) is 10.4 Å². The summed E-state index contributed by atoms with van der Waals surface area (Å²) in [6, 6.07) is 0. The molecule has 0 atom stereocenters. The number of morpholine rings is 1. The molecule has 0 spiro atoms. The molecule has 0 bridgehead atoms. The minimum Gasteiger partial charge on any atom is -0.367 e. The molecule has 5 heteroatoms. The zero-order chi connectivity index (χ0) is 11.5. The average Bonchev–Trinajstić information content (AvgIpc) is 1.98. The van der Waals surface area contributed by atoms with Crippen molar-refractivity contribution < 1.29 is 4.74 Å². The van der Waals surface area contributed by atoms with Crippen molar-refractivity contribution in [1.29, 1.82) is 0 Å². The molecule has 0 aromatic rings. The van der Waals surface area contributed by atoms with E-state index in [0.717, 1.165) is 19.6 Å². The van der Waals surface area contributed by atoms with Crippen LogP contribution < -0.4 is 0 Å². The molecule has 1 aliphatic rings. The molecule has 15 heavy (non-hydrogen) atoms. The van der Waals surface area contributed by atoms with Crippen molar-refractivity contribution in [3.63, 3.8) is 0 Å². The Labute approximate surface area is 91.0 Å². The van der Waals surface area contributed by atoms with E-state index in [1.54, 1.807) is 0 Å². The topological polar surface area (TPSA) is 61.2 Å². The predicted molar refractivity (Wildman–Crippen MR) is 59.7 cm³/mol.